The molecule has 0 aliphatic carbocycles. The van der Waals surface area contributed by atoms with Gasteiger partial charge in [-0.1, -0.05) is 0 Å². The van der Waals surface area contributed by atoms with Crippen LogP contribution in [0.3, 0.4) is 0 Å². The SMILES string of the molecule is COC(C)(C)CCC(=O)CCC1CCCCO1. The Balaban J connectivity index is 2.12. The first-order valence-corrected chi connectivity index (χ1v) is 6.72. The molecule has 0 aromatic carbocycles. The number of carbonyl (C=O) groups is 1. The number of methoxy groups -OCH3 is 1. The van der Waals surface area contributed by atoms with Crippen LogP contribution >= 0.6 is 0 Å². The predicted molar refractivity (Wildman–Crippen MR) is 68.2 cm³/mol. The molecule has 0 N–H and O–H groups in total. The number of ketones is 1. The van der Waals surface area contributed by atoms with Gasteiger partial charge in [-0.2, -0.15) is 0 Å². The summed E-state index contributed by atoms with van der Waals surface area (Å²) in [5.41, 5.74) is -0.184. The highest BCUT2D eigenvalue weighted by Gasteiger charge is 2.19. The Labute approximate surface area is 105 Å². The number of rotatable bonds is 7. The van der Waals surface area contributed by atoms with E-state index >= 15 is 0 Å². The molecule has 0 bridgehead atoms. The third-order valence-electron chi connectivity index (χ3n) is 3.58. The van der Waals surface area contributed by atoms with Gasteiger partial charge in [-0.3, -0.25) is 4.79 Å². The molecule has 17 heavy (non-hydrogen) atoms. The van der Waals surface area contributed by atoms with Crippen molar-refractivity contribution in [2.75, 3.05) is 13.7 Å². The maximum atomic E-state index is 11.7. The van der Waals surface area contributed by atoms with Crippen molar-refractivity contribution in [1.29, 1.82) is 0 Å². The third-order valence-corrected chi connectivity index (χ3v) is 3.58. The van der Waals surface area contributed by atoms with Crippen molar-refractivity contribution in [2.24, 2.45) is 0 Å². The summed E-state index contributed by atoms with van der Waals surface area (Å²) in [6.45, 7) is 4.91. The molecule has 1 atom stereocenters. The Morgan fingerprint density at radius 2 is 2.12 bits per heavy atom. The zero-order chi connectivity index (χ0) is 12.7. The van der Waals surface area contributed by atoms with Crippen molar-refractivity contribution in [1.82, 2.24) is 0 Å². The number of hydrogen-bond acceptors (Lipinski definition) is 3. The minimum absolute atomic E-state index is 0.184. The van der Waals surface area contributed by atoms with E-state index < -0.39 is 0 Å². The van der Waals surface area contributed by atoms with Gasteiger partial charge >= 0.3 is 0 Å². The molecule has 0 aromatic rings. The fourth-order valence-corrected chi connectivity index (χ4v) is 2.02. The molecule has 1 saturated heterocycles. The molecule has 0 radical (unpaired) electrons. The summed E-state index contributed by atoms with van der Waals surface area (Å²) in [7, 11) is 1.69. The monoisotopic (exact) mass is 242 g/mol. The van der Waals surface area contributed by atoms with E-state index in [4.69, 9.17) is 9.47 Å². The fourth-order valence-electron chi connectivity index (χ4n) is 2.02. The summed E-state index contributed by atoms with van der Waals surface area (Å²) < 4.78 is 10.9. The summed E-state index contributed by atoms with van der Waals surface area (Å²) >= 11 is 0. The second-order valence-corrected chi connectivity index (χ2v) is 5.53. The highest BCUT2D eigenvalue weighted by atomic mass is 16.5. The summed E-state index contributed by atoms with van der Waals surface area (Å²) in [5.74, 6) is 0.337. The smallest absolute Gasteiger partial charge is 0.133 e. The lowest BCUT2D eigenvalue weighted by molar-refractivity contribution is -0.121. The molecule has 0 saturated carbocycles. The van der Waals surface area contributed by atoms with Crippen LogP contribution in [0.25, 0.3) is 0 Å². The summed E-state index contributed by atoms with van der Waals surface area (Å²) in [4.78, 5) is 11.7. The Bertz CT molecular complexity index is 230. The van der Waals surface area contributed by atoms with Gasteiger partial charge in [0.1, 0.15) is 5.78 Å². The Hall–Kier alpha value is -0.410. The van der Waals surface area contributed by atoms with Crippen LogP contribution in [-0.4, -0.2) is 31.2 Å². The van der Waals surface area contributed by atoms with Gasteiger partial charge < -0.3 is 9.47 Å². The summed E-state index contributed by atoms with van der Waals surface area (Å²) in [6.07, 6.45) is 6.83. The van der Waals surface area contributed by atoms with E-state index in [-0.39, 0.29) is 5.60 Å². The quantitative estimate of drug-likeness (QED) is 0.688. The second-order valence-electron chi connectivity index (χ2n) is 5.53. The van der Waals surface area contributed by atoms with Gasteiger partial charge in [-0.25, -0.2) is 0 Å². The Morgan fingerprint density at radius 3 is 2.71 bits per heavy atom. The first kappa shape index (κ1) is 14.7. The van der Waals surface area contributed by atoms with E-state index in [1.54, 1.807) is 7.11 Å². The molecule has 1 aliphatic heterocycles. The third kappa shape index (κ3) is 6.18. The lowest BCUT2D eigenvalue weighted by Gasteiger charge is -2.23. The lowest BCUT2D eigenvalue weighted by Crippen LogP contribution is -2.24. The van der Waals surface area contributed by atoms with E-state index in [1.807, 2.05) is 13.8 Å². The standard InChI is InChI=1S/C14H26O3/c1-14(2,16-3)10-9-12(15)7-8-13-6-4-5-11-17-13/h13H,4-11H2,1-3H3. The number of carbonyl (C=O) groups excluding carboxylic acids is 1. The molecule has 1 unspecified atom stereocenters. The minimum Gasteiger partial charge on any atom is -0.379 e. The molecule has 100 valence electrons. The van der Waals surface area contributed by atoms with Gasteiger partial charge in [0.15, 0.2) is 0 Å². The molecule has 1 fully saturated rings. The molecule has 0 amide bonds. The van der Waals surface area contributed by atoms with Gasteiger partial charge in [0.25, 0.3) is 0 Å². The minimum atomic E-state index is -0.184. The van der Waals surface area contributed by atoms with Crippen molar-refractivity contribution in [2.45, 2.75) is 70.5 Å². The van der Waals surface area contributed by atoms with Crippen LogP contribution in [-0.2, 0) is 14.3 Å². The summed E-state index contributed by atoms with van der Waals surface area (Å²) in [5, 5.41) is 0. The molecule has 1 aliphatic rings. The lowest BCUT2D eigenvalue weighted by atomic mass is 9.97. The van der Waals surface area contributed by atoms with Crippen LogP contribution in [0.2, 0.25) is 0 Å². The Kier molecular flexibility index (Phi) is 6.14. The first-order valence-electron chi connectivity index (χ1n) is 6.72. The van der Waals surface area contributed by atoms with Crippen LogP contribution in [0.4, 0.5) is 0 Å². The molecular formula is C14H26O3. The van der Waals surface area contributed by atoms with Gasteiger partial charge in [0, 0.05) is 26.6 Å². The zero-order valence-electron chi connectivity index (χ0n) is 11.5. The topological polar surface area (TPSA) is 35.5 Å². The van der Waals surface area contributed by atoms with E-state index in [0.29, 0.717) is 24.7 Å². The Morgan fingerprint density at radius 1 is 1.35 bits per heavy atom. The molecule has 3 nitrogen and oxygen atoms in total. The van der Waals surface area contributed by atoms with Crippen LogP contribution in [0.5, 0.6) is 0 Å². The normalized spacial score (nSPS) is 21.5. The van der Waals surface area contributed by atoms with Crippen LogP contribution in [0, 0.1) is 0 Å². The van der Waals surface area contributed by atoms with E-state index in [9.17, 15) is 4.79 Å². The maximum absolute atomic E-state index is 11.7. The van der Waals surface area contributed by atoms with Crippen molar-refractivity contribution < 1.29 is 14.3 Å². The highest BCUT2D eigenvalue weighted by Crippen LogP contribution is 2.19. The fraction of sp³-hybridized carbons (Fsp3) is 0.929. The van der Waals surface area contributed by atoms with Crippen LogP contribution < -0.4 is 0 Å². The largest absolute Gasteiger partial charge is 0.379 e. The van der Waals surface area contributed by atoms with E-state index in [0.717, 1.165) is 25.9 Å². The average molecular weight is 242 g/mol. The van der Waals surface area contributed by atoms with E-state index in [1.165, 1.54) is 12.8 Å². The molecule has 0 spiro atoms. The highest BCUT2D eigenvalue weighted by molar-refractivity contribution is 5.78. The molecule has 1 heterocycles. The van der Waals surface area contributed by atoms with Gasteiger partial charge in [-0.15, -0.1) is 0 Å². The van der Waals surface area contributed by atoms with Crippen molar-refractivity contribution in [3.8, 4) is 0 Å². The molecule has 3 heteroatoms. The van der Waals surface area contributed by atoms with Crippen molar-refractivity contribution >= 4 is 5.78 Å². The molecule has 0 aromatic heterocycles. The maximum Gasteiger partial charge on any atom is 0.133 e. The number of ether oxygens (including phenoxy) is 2. The first-order chi connectivity index (χ1) is 8.03. The van der Waals surface area contributed by atoms with Gasteiger partial charge in [0.2, 0.25) is 0 Å². The van der Waals surface area contributed by atoms with Gasteiger partial charge in [0.05, 0.1) is 11.7 Å². The zero-order valence-corrected chi connectivity index (χ0v) is 11.5. The molecular weight excluding hydrogens is 216 g/mol. The predicted octanol–water partition coefficient (Wildman–Crippen LogP) is 3.11. The van der Waals surface area contributed by atoms with Crippen LogP contribution in [0.15, 0.2) is 0 Å². The van der Waals surface area contributed by atoms with Crippen molar-refractivity contribution in [3.63, 3.8) is 0 Å². The molecule has 1 rings (SSSR count). The van der Waals surface area contributed by atoms with E-state index in [2.05, 4.69) is 0 Å². The number of Topliss-reactive ketones (excluding diaryl/α,β-unsaturated/α-hetero) is 1. The number of hydrogen-bond donors (Lipinski definition) is 0. The second kappa shape index (κ2) is 7.12. The van der Waals surface area contributed by atoms with Crippen LogP contribution in [0.1, 0.15) is 58.8 Å². The summed E-state index contributed by atoms with van der Waals surface area (Å²) in [6, 6.07) is 0. The average Bonchev–Trinajstić information content (AvgIpc) is 2.35. The van der Waals surface area contributed by atoms with Crippen molar-refractivity contribution in [3.05, 3.63) is 0 Å². The van der Waals surface area contributed by atoms with Gasteiger partial charge in [-0.05, 0) is 46.0 Å².